The van der Waals surface area contributed by atoms with Gasteiger partial charge >= 0.3 is 0 Å². The van der Waals surface area contributed by atoms with Crippen LogP contribution in [0.3, 0.4) is 0 Å². The minimum absolute atomic E-state index is 0.339. The van der Waals surface area contributed by atoms with Crippen LogP contribution in [0.5, 0.6) is 5.75 Å². The molecule has 112 valence electrons. The predicted molar refractivity (Wildman–Crippen MR) is 78.5 cm³/mol. The molecule has 0 unspecified atom stereocenters. The predicted octanol–water partition coefficient (Wildman–Crippen LogP) is 1.06. The normalized spacial score (nSPS) is 13.6. The Kier molecular flexibility index (Phi) is 7.69. The molecule has 1 rings (SSSR count). The van der Waals surface area contributed by atoms with Gasteiger partial charge in [-0.1, -0.05) is 38.0 Å². The Labute approximate surface area is 120 Å². The molecule has 0 aliphatic rings. The summed E-state index contributed by atoms with van der Waals surface area (Å²) in [7, 11) is 0. The molecule has 0 spiro atoms. The maximum Gasteiger partial charge on any atom is 0.250 e. The molecule has 1 aromatic rings. The molecular formula is C15H24N2O3. The number of carbonyl (C=O) groups is 1. The quantitative estimate of drug-likeness (QED) is 0.591. The van der Waals surface area contributed by atoms with Gasteiger partial charge in [-0.25, -0.2) is 0 Å². The summed E-state index contributed by atoms with van der Waals surface area (Å²) in [5, 5.41) is 12.4. The lowest BCUT2D eigenvalue weighted by atomic mass is 10.0. The summed E-state index contributed by atoms with van der Waals surface area (Å²) in [6, 6.07) is 8.84. The third-order valence-corrected chi connectivity index (χ3v) is 2.98. The van der Waals surface area contributed by atoms with Gasteiger partial charge in [0.1, 0.15) is 18.5 Å². The van der Waals surface area contributed by atoms with Crippen molar-refractivity contribution < 1.29 is 14.6 Å². The minimum atomic E-state index is -1.15. The van der Waals surface area contributed by atoms with Crippen molar-refractivity contribution >= 4 is 5.91 Å². The highest BCUT2D eigenvalue weighted by atomic mass is 16.5. The molecule has 0 radical (unpaired) electrons. The fourth-order valence-corrected chi connectivity index (χ4v) is 1.76. The molecule has 4 N–H and O–H groups in total. The van der Waals surface area contributed by atoms with Crippen LogP contribution >= 0.6 is 0 Å². The van der Waals surface area contributed by atoms with E-state index in [0.717, 1.165) is 18.6 Å². The number of carbonyl (C=O) groups excluding carboxylic acids is 1. The van der Waals surface area contributed by atoms with Gasteiger partial charge in [0.2, 0.25) is 0 Å². The number of benzene rings is 1. The van der Waals surface area contributed by atoms with Crippen LogP contribution < -0.4 is 15.8 Å². The van der Waals surface area contributed by atoms with Gasteiger partial charge in [-0.05, 0) is 18.6 Å². The second-order valence-corrected chi connectivity index (χ2v) is 4.70. The molecule has 0 aliphatic heterocycles. The Morgan fingerprint density at radius 2 is 2.10 bits per heavy atom. The van der Waals surface area contributed by atoms with Crippen molar-refractivity contribution in [2.45, 2.75) is 38.3 Å². The van der Waals surface area contributed by atoms with Crippen LogP contribution in [0, 0.1) is 0 Å². The van der Waals surface area contributed by atoms with Gasteiger partial charge in [-0.15, -0.1) is 0 Å². The second-order valence-electron chi connectivity index (χ2n) is 4.70. The number of aliphatic hydroxyl groups is 1. The van der Waals surface area contributed by atoms with Crippen LogP contribution in [0.4, 0.5) is 0 Å². The van der Waals surface area contributed by atoms with Gasteiger partial charge in [0, 0.05) is 6.04 Å². The lowest BCUT2D eigenvalue weighted by molar-refractivity contribution is -0.130. The molecule has 0 saturated heterocycles. The summed E-state index contributed by atoms with van der Waals surface area (Å²) in [4.78, 5) is 11.7. The van der Waals surface area contributed by atoms with E-state index in [1.807, 2.05) is 37.3 Å². The number of hydrogen-bond acceptors (Lipinski definition) is 4. The van der Waals surface area contributed by atoms with Crippen molar-refractivity contribution in [1.82, 2.24) is 5.32 Å². The molecule has 0 fully saturated rings. The van der Waals surface area contributed by atoms with Crippen molar-refractivity contribution in [3.05, 3.63) is 30.3 Å². The first kappa shape index (κ1) is 16.5. The Hall–Kier alpha value is -1.59. The molecule has 2 atom stereocenters. The number of amides is 1. The highest BCUT2D eigenvalue weighted by Gasteiger charge is 2.21. The molecule has 1 amide bonds. The Morgan fingerprint density at radius 1 is 1.40 bits per heavy atom. The van der Waals surface area contributed by atoms with Gasteiger partial charge in [-0.2, -0.15) is 0 Å². The minimum Gasteiger partial charge on any atom is -0.492 e. The van der Waals surface area contributed by atoms with E-state index in [1.165, 1.54) is 0 Å². The zero-order valence-corrected chi connectivity index (χ0v) is 11.9. The standard InChI is InChI=1S/C15H24N2O3/c1-2-3-9-13(16)14(18)15(19)17-10-11-20-12-7-5-4-6-8-12/h4-8,13-14,18H,2-3,9-11,16H2,1H3,(H,17,19)/t13-,14+/m1/s1. The van der Waals surface area contributed by atoms with Crippen molar-refractivity contribution in [2.24, 2.45) is 5.73 Å². The SMILES string of the molecule is CCCC[C@@H](N)[C@H](O)C(=O)NCCOc1ccccc1. The van der Waals surface area contributed by atoms with Crippen LogP contribution in [-0.4, -0.2) is 36.3 Å². The largest absolute Gasteiger partial charge is 0.492 e. The molecule has 20 heavy (non-hydrogen) atoms. The summed E-state index contributed by atoms with van der Waals surface area (Å²) in [6.07, 6.45) is 1.39. The van der Waals surface area contributed by atoms with E-state index in [4.69, 9.17) is 10.5 Å². The molecule has 1 aromatic carbocycles. The van der Waals surface area contributed by atoms with E-state index in [2.05, 4.69) is 5.32 Å². The molecule has 0 heterocycles. The van der Waals surface area contributed by atoms with Gasteiger partial charge in [0.25, 0.3) is 5.91 Å². The average molecular weight is 280 g/mol. The van der Waals surface area contributed by atoms with Crippen molar-refractivity contribution in [2.75, 3.05) is 13.2 Å². The lowest BCUT2D eigenvalue weighted by Crippen LogP contribution is -2.47. The van der Waals surface area contributed by atoms with E-state index >= 15 is 0 Å². The summed E-state index contributed by atoms with van der Waals surface area (Å²) in [5.74, 6) is 0.312. The number of unbranched alkanes of at least 4 members (excludes halogenated alkanes) is 1. The third kappa shape index (κ3) is 6.04. The van der Waals surface area contributed by atoms with Gasteiger partial charge in [0.15, 0.2) is 0 Å². The smallest absolute Gasteiger partial charge is 0.250 e. The van der Waals surface area contributed by atoms with Crippen LogP contribution in [0.25, 0.3) is 0 Å². The third-order valence-electron chi connectivity index (χ3n) is 2.98. The Morgan fingerprint density at radius 3 is 2.75 bits per heavy atom. The molecule has 0 aromatic heterocycles. The van der Waals surface area contributed by atoms with Gasteiger partial charge in [0.05, 0.1) is 6.54 Å². The Balaban J connectivity index is 2.19. The van der Waals surface area contributed by atoms with Crippen molar-refractivity contribution in [3.63, 3.8) is 0 Å². The fraction of sp³-hybridized carbons (Fsp3) is 0.533. The van der Waals surface area contributed by atoms with Crippen molar-refractivity contribution in [1.29, 1.82) is 0 Å². The van der Waals surface area contributed by atoms with E-state index in [1.54, 1.807) is 0 Å². The summed E-state index contributed by atoms with van der Waals surface area (Å²) < 4.78 is 5.43. The van der Waals surface area contributed by atoms with Gasteiger partial charge < -0.3 is 20.9 Å². The summed E-state index contributed by atoms with van der Waals surface area (Å²) in [5.41, 5.74) is 5.76. The van der Waals surface area contributed by atoms with Gasteiger partial charge in [-0.3, -0.25) is 4.79 Å². The zero-order valence-electron chi connectivity index (χ0n) is 11.9. The van der Waals surface area contributed by atoms with Crippen LogP contribution in [0.15, 0.2) is 30.3 Å². The maximum absolute atomic E-state index is 11.7. The zero-order chi connectivity index (χ0) is 14.8. The van der Waals surface area contributed by atoms with E-state index in [9.17, 15) is 9.90 Å². The molecule has 0 saturated carbocycles. The highest BCUT2D eigenvalue weighted by molar-refractivity contribution is 5.81. The number of hydrogen-bond donors (Lipinski definition) is 3. The number of rotatable bonds is 9. The molecular weight excluding hydrogens is 256 g/mol. The second kappa shape index (κ2) is 9.34. The number of ether oxygens (including phenoxy) is 1. The molecule has 5 heteroatoms. The monoisotopic (exact) mass is 280 g/mol. The first-order valence-electron chi connectivity index (χ1n) is 7.04. The first-order valence-corrected chi connectivity index (χ1v) is 7.04. The van der Waals surface area contributed by atoms with E-state index in [0.29, 0.717) is 19.6 Å². The summed E-state index contributed by atoms with van der Waals surface area (Å²) in [6.45, 7) is 2.73. The Bertz CT molecular complexity index is 384. The highest BCUT2D eigenvalue weighted by Crippen LogP contribution is 2.07. The molecule has 0 aliphatic carbocycles. The van der Waals surface area contributed by atoms with Crippen LogP contribution in [0.2, 0.25) is 0 Å². The van der Waals surface area contributed by atoms with Crippen molar-refractivity contribution in [3.8, 4) is 5.75 Å². The lowest BCUT2D eigenvalue weighted by Gasteiger charge is -2.18. The molecule has 0 bridgehead atoms. The van der Waals surface area contributed by atoms with Crippen LogP contribution in [-0.2, 0) is 4.79 Å². The van der Waals surface area contributed by atoms with E-state index < -0.39 is 18.1 Å². The number of nitrogens with two attached hydrogens (primary N) is 1. The number of para-hydroxylation sites is 1. The maximum atomic E-state index is 11.7. The summed E-state index contributed by atoms with van der Waals surface area (Å²) >= 11 is 0. The van der Waals surface area contributed by atoms with Crippen LogP contribution in [0.1, 0.15) is 26.2 Å². The number of aliphatic hydroxyl groups excluding tert-OH is 1. The number of nitrogens with one attached hydrogen (secondary N) is 1. The average Bonchev–Trinajstić information content (AvgIpc) is 2.49. The topological polar surface area (TPSA) is 84.6 Å². The van der Waals surface area contributed by atoms with E-state index in [-0.39, 0.29) is 0 Å². The fourth-order valence-electron chi connectivity index (χ4n) is 1.76. The molecule has 5 nitrogen and oxygen atoms in total. The first-order chi connectivity index (χ1) is 9.65.